The van der Waals surface area contributed by atoms with Crippen molar-refractivity contribution in [3.63, 3.8) is 0 Å². The van der Waals surface area contributed by atoms with Crippen LogP contribution in [0, 0.1) is 5.41 Å². The molecule has 0 saturated carbocycles. The van der Waals surface area contributed by atoms with E-state index in [0.29, 0.717) is 18.7 Å². The predicted octanol–water partition coefficient (Wildman–Crippen LogP) is 1.85. The molecule has 0 bridgehead atoms. The molecule has 16 heavy (non-hydrogen) atoms. The number of hydrogen-bond donors (Lipinski definition) is 0. The monoisotopic (exact) mass is 225 g/mol. The summed E-state index contributed by atoms with van der Waals surface area (Å²) >= 11 is 0. The zero-order valence-electron chi connectivity index (χ0n) is 10.4. The summed E-state index contributed by atoms with van der Waals surface area (Å²) in [6.07, 6.45) is 5.79. The second-order valence-corrected chi connectivity index (χ2v) is 5.44. The van der Waals surface area contributed by atoms with Gasteiger partial charge in [-0.25, -0.2) is 0 Å². The topological polar surface area (TPSA) is 29.5 Å². The molecule has 3 heteroatoms. The van der Waals surface area contributed by atoms with Crippen LogP contribution in [0.1, 0.15) is 39.5 Å². The minimum Gasteiger partial charge on any atom is -0.380 e. The summed E-state index contributed by atoms with van der Waals surface area (Å²) < 4.78 is 5.41. The van der Waals surface area contributed by atoms with Crippen LogP contribution in [0.2, 0.25) is 0 Å². The Hall–Kier alpha value is -0.410. The minimum atomic E-state index is -0.216. The molecule has 0 N–H and O–H groups in total. The van der Waals surface area contributed by atoms with Gasteiger partial charge in [0.25, 0.3) is 0 Å². The maximum absolute atomic E-state index is 11.3. The highest BCUT2D eigenvalue weighted by molar-refractivity contribution is 5.60. The fourth-order valence-electron chi connectivity index (χ4n) is 3.09. The predicted molar refractivity (Wildman–Crippen MR) is 63.4 cm³/mol. The van der Waals surface area contributed by atoms with Crippen LogP contribution in [0.15, 0.2) is 0 Å². The lowest BCUT2D eigenvalue weighted by Gasteiger charge is -2.34. The molecule has 0 aromatic heterocycles. The van der Waals surface area contributed by atoms with Crippen molar-refractivity contribution in [2.45, 2.75) is 51.6 Å². The maximum atomic E-state index is 11.3. The number of nitrogens with zero attached hydrogens (tertiary/aromatic N) is 1. The van der Waals surface area contributed by atoms with E-state index in [0.717, 1.165) is 25.9 Å². The summed E-state index contributed by atoms with van der Waals surface area (Å²) in [5, 5.41) is 0. The summed E-state index contributed by atoms with van der Waals surface area (Å²) in [6, 6.07) is 1.30. The Morgan fingerprint density at radius 1 is 1.50 bits per heavy atom. The van der Waals surface area contributed by atoms with Crippen LogP contribution >= 0.6 is 0 Å². The summed E-state index contributed by atoms with van der Waals surface area (Å²) in [7, 11) is 0. The van der Waals surface area contributed by atoms with E-state index in [1.54, 1.807) is 0 Å². The van der Waals surface area contributed by atoms with Gasteiger partial charge in [0.2, 0.25) is 0 Å². The summed E-state index contributed by atoms with van der Waals surface area (Å²) in [4.78, 5) is 13.8. The van der Waals surface area contributed by atoms with Gasteiger partial charge in [0.05, 0.1) is 12.0 Å². The van der Waals surface area contributed by atoms with Crippen molar-refractivity contribution in [1.82, 2.24) is 4.90 Å². The standard InChI is InChI=1S/C13H23NO2/c1-3-12-5-4-11(2)14(12)8-13(9-15)6-7-16-10-13/h9,11-12H,3-8,10H2,1-2H3. The summed E-state index contributed by atoms with van der Waals surface area (Å²) in [6.45, 7) is 6.79. The molecule has 0 amide bonds. The number of aldehydes is 1. The second kappa shape index (κ2) is 4.84. The number of carbonyl (C=O) groups is 1. The van der Waals surface area contributed by atoms with Gasteiger partial charge in [-0.3, -0.25) is 4.90 Å². The third kappa shape index (κ3) is 2.16. The largest absolute Gasteiger partial charge is 0.380 e. The van der Waals surface area contributed by atoms with Crippen molar-refractivity contribution >= 4 is 6.29 Å². The molecule has 0 aromatic carbocycles. The number of hydrogen-bond acceptors (Lipinski definition) is 3. The van der Waals surface area contributed by atoms with Gasteiger partial charge in [-0.2, -0.15) is 0 Å². The third-order valence-electron chi connectivity index (χ3n) is 4.31. The van der Waals surface area contributed by atoms with Crippen molar-refractivity contribution < 1.29 is 9.53 Å². The summed E-state index contributed by atoms with van der Waals surface area (Å²) in [5.74, 6) is 0. The van der Waals surface area contributed by atoms with E-state index in [-0.39, 0.29) is 5.41 Å². The SMILES string of the molecule is CCC1CCC(C)N1CC1(C=O)CCOC1. The summed E-state index contributed by atoms with van der Waals surface area (Å²) in [5.41, 5.74) is -0.216. The molecule has 3 atom stereocenters. The van der Waals surface area contributed by atoms with Gasteiger partial charge < -0.3 is 9.53 Å². The highest BCUT2D eigenvalue weighted by Gasteiger charge is 2.40. The van der Waals surface area contributed by atoms with E-state index in [2.05, 4.69) is 18.7 Å². The molecule has 2 rings (SSSR count). The highest BCUT2D eigenvalue weighted by Crippen LogP contribution is 2.33. The van der Waals surface area contributed by atoms with E-state index in [1.165, 1.54) is 19.3 Å². The Labute approximate surface area is 98.1 Å². The van der Waals surface area contributed by atoms with Crippen molar-refractivity contribution in [1.29, 1.82) is 0 Å². The Morgan fingerprint density at radius 2 is 2.31 bits per heavy atom. The first-order valence-corrected chi connectivity index (χ1v) is 6.50. The molecule has 2 heterocycles. The van der Waals surface area contributed by atoms with Crippen LogP contribution in [0.25, 0.3) is 0 Å². The van der Waals surface area contributed by atoms with Crippen LogP contribution < -0.4 is 0 Å². The van der Waals surface area contributed by atoms with Crippen molar-refractivity contribution in [3.05, 3.63) is 0 Å². The normalized spacial score (nSPS) is 40.4. The second-order valence-electron chi connectivity index (χ2n) is 5.44. The number of rotatable bonds is 4. The Morgan fingerprint density at radius 3 is 2.88 bits per heavy atom. The molecule has 0 aromatic rings. The van der Waals surface area contributed by atoms with E-state index in [9.17, 15) is 4.79 Å². The molecule has 2 aliphatic rings. The van der Waals surface area contributed by atoms with Gasteiger partial charge in [0, 0.05) is 25.2 Å². The molecule has 2 fully saturated rings. The first kappa shape index (κ1) is 12.1. The molecule has 0 aliphatic carbocycles. The maximum Gasteiger partial charge on any atom is 0.129 e. The van der Waals surface area contributed by atoms with Gasteiger partial charge >= 0.3 is 0 Å². The highest BCUT2D eigenvalue weighted by atomic mass is 16.5. The quantitative estimate of drug-likeness (QED) is 0.684. The molecule has 3 unspecified atom stereocenters. The van der Waals surface area contributed by atoms with Gasteiger partial charge in [-0.15, -0.1) is 0 Å². The average molecular weight is 225 g/mol. The van der Waals surface area contributed by atoms with E-state index < -0.39 is 0 Å². The fourth-order valence-corrected chi connectivity index (χ4v) is 3.09. The Bertz CT molecular complexity index is 248. The first-order valence-electron chi connectivity index (χ1n) is 6.50. The lowest BCUT2D eigenvalue weighted by Crippen LogP contribution is -2.44. The van der Waals surface area contributed by atoms with Crippen LogP contribution in [-0.2, 0) is 9.53 Å². The van der Waals surface area contributed by atoms with Crippen LogP contribution in [0.3, 0.4) is 0 Å². The lowest BCUT2D eigenvalue weighted by molar-refractivity contribution is -0.117. The minimum absolute atomic E-state index is 0.216. The van der Waals surface area contributed by atoms with Gasteiger partial charge in [0.1, 0.15) is 6.29 Å². The first-order chi connectivity index (χ1) is 7.71. The smallest absolute Gasteiger partial charge is 0.129 e. The molecular weight excluding hydrogens is 202 g/mol. The Kier molecular flexibility index (Phi) is 3.65. The zero-order chi connectivity index (χ0) is 11.6. The number of carbonyl (C=O) groups excluding carboxylic acids is 1. The molecule has 2 aliphatic heterocycles. The Balaban J connectivity index is 2.03. The van der Waals surface area contributed by atoms with E-state index in [1.807, 2.05) is 0 Å². The lowest BCUT2D eigenvalue weighted by atomic mass is 9.88. The van der Waals surface area contributed by atoms with Crippen LogP contribution in [0.5, 0.6) is 0 Å². The van der Waals surface area contributed by atoms with Crippen molar-refractivity contribution in [2.75, 3.05) is 19.8 Å². The fraction of sp³-hybridized carbons (Fsp3) is 0.923. The number of ether oxygens (including phenoxy) is 1. The van der Waals surface area contributed by atoms with Gasteiger partial charge in [0.15, 0.2) is 0 Å². The van der Waals surface area contributed by atoms with Crippen molar-refractivity contribution in [3.8, 4) is 0 Å². The third-order valence-corrected chi connectivity index (χ3v) is 4.31. The van der Waals surface area contributed by atoms with E-state index >= 15 is 0 Å². The van der Waals surface area contributed by atoms with Crippen molar-refractivity contribution in [2.24, 2.45) is 5.41 Å². The van der Waals surface area contributed by atoms with Crippen LogP contribution in [-0.4, -0.2) is 43.0 Å². The molecule has 0 radical (unpaired) electrons. The van der Waals surface area contributed by atoms with Crippen LogP contribution in [0.4, 0.5) is 0 Å². The average Bonchev–Trinajstić information content (AvgIpc) is 2.89. The zero-order valence-corrected chi connectivity index (χ0v) is 10.4. The van der Waals surface area contributed by atoms with E-state index in [4.69, 9.17) is 4.74 Å². The molecule has 2 saturated heterocycles. The molecule has 3 nitrogen and oxygen atoms in total. The number of likely N-dealkylation sites (tertiary alicyclic amines) is 1. The molecule has 0 spiro atoms. The van der Waals surface area contributed by atoms with Gasteiger partial charge in [-0.05, 0) is 32.6 Å². The molecule has 92 valence electrons. The molecular formula is C13H23NO2. The van der Waals surface area contributed by atoms with Gasteiger partial charge in [-0.1, -0.05) is 6.92 Å².